The highest BCUT2D eigenvalue weighted by Gasteiger charge is 2.62. The van der Waals surface area contributed by atoms with Gasteiger partial charge in [-0.3, -0.25) is 14.4 Å². The number of hydrogen-bond acceptors (Lipinski definition) is 6. The number of rotatable bonds is 5. The summed E-state index contributed by atoms with van der Waals surface area (Å²) in [7, 11) is 0. The zero-order chi connectivity index (χ0) is 32.0. The Labute approximate surface area is 249 Å². The van der Waals surface area contributed by atoms with E-state index < -0.39 is 17.7 Å². The Morgan fingerprint density at radius 2 is 1.79 bits per heavy atom. The Bertz CT molecular complexity index is 1360. The molecule has 230 valence electrons. The average molecular weight is 582 g/mol. The maximum atomic E-state index is 12.0. The minimum absolute atomic E-state index is 0.124. The third kappa shape index (κ3) is 10.2. The second kappa shape index (κ2) is 13.4. The molecule has 2 aliphatic rings. The maximum Gasteiger partial charge on any atom is 0.405 e. The molecule has 1 saturated heterocycles. The molecule has 2 heterocycles. The van der Waals surface area contributed by atoms with E-state index in [1.807, 2.05) is 31.2 Å². The molecule has 1 aromatic heterocycles. The van der Waals surface area contributed by atoms with Gasteiger partial charge in [0.25, 0.3) is 5.56 Å². The number of nitrogens with zero attached hydrogens (tertiary/aromatic N) is 2. The van der Waals surface area contributed by atoms with Crippen LogP contribution in [0.1, 0.15) is 72.9 Å². The summed E-state index contributed by atoms with van der Waals surface area (Å²) in [6.07, 6.45) is 0.617. The molecule has 3 amide bonds. The van der Waals surface area contributed by atoms with E-state index >= 15 is 0 Å². The molecule has 0 radical (unpaired) electrons. The molecule has 2 fully saturated rings. The van der Waals surface area contributed by atoms with E-state index in [1.165, 1.54) is 0 Å². The van der Waals surface area contributed by atoms with Gasteiger partial charge in [0, 0.05) is 37.0 Å². The Balaban J connectivity index is 0.000000239. The lowest BCUT2D eigenvalue weighted by molar-refractivity contribution is -0.132. The molecular weight excluding hydrogens is 534 g/mol. The van der Waals surface area contributed by atoms with Crippen molar-refractivity contribution >= 4 is 29.3 Å². The predicted octanol–water partition coefficient (Wildman–Crippen LogP) is 4.43. The first kappa shape index (κ1) is 34.3. The first-order valence-electron chi connectivity index (χ1n) is 14.3. The number of likely N-dealkylation sites (tertiary alicyclic amines) is 1. The van der Waals surface area contributed by atoms with Crippen LogP contribution in [0.4, 0.5) is 4.79 Å². The summed E-state index contributed by atoms with van der Waals surface area (Å²) in [5.41, 5.74) is 7.01. The first-order chi connectivity index (χ1) is 19.3. The van der Waals surface area contributed by atoms with Gasteiger partial charge in [-0.1, -0.05) is 46.2 Å². The first-order valence-corrected chi connectivity index (χ1v) is 14.3. The number of aromatic nitrogens is 1. The molecule has 3 atom stereocenters. The fourth-order valence-electron chi connectivity index (χ4n) is 5.17. The number of hydrogen-bond donors (Lipinski definition) is 3. The molecule has 0 bridgehead atoms. The number of carbonyl (C=O) groups excluding carboxylic acids is 3. The highest BCUT2D eigenvalue weighted by molar-refractivity contribution is 5.79. The number of nitrogens with one attached hydrogen (secondary N) is 2. The van der Waals surface area contributed by atoms with Gasteiger partial charge in [0.2, 0.25) is 12.3 Å². The highest BCUT2D eigenvalue weighted by Crippen LogP contribution is 2.62. The quantitative estimate of drug-likeness (QED) is 0.443. The number of H-pyrrole nitrogens is 1. The summed E-state index contributed by atoms with van der Waals surface area (Å²) in [6.45, 7) is 20.3. The van der Waals surface area contributed by atoms with Gasteiger partial charge in [0.1, 0.15) is 11.6 Å². The zero-order valence-corrected chi connectivity index (χ0v) is 26.5. The molecular formula is C32H47N5O5. The minimum atomic E-state index is -0.725. The Morgan fingerprint density at radius 3 is 2.24 bits per heavy atom. The van der Waals surface area contributed by atoms with E-state index in [0.29, 0.717) is 29.7 Å². The van der Waals surface area contributed by atoms with Crippen molar-refractivity contribution in [2.24, 2.45) is 28.4 Å². The standard InChI is InChI=1S/C14H13N3O2.C13H23NO.C5H11NO2/c1-9-2-3-13-10(4-9)5-11(14(19)17-13)6-12(7-15)16-8-18;1-12(2,3)6-11(15)14-7-9-10(8-14)13(9,4)5;1-5(2,3)8-4(6)7/h2-5,8,12H,6H2,1H3,(H,16,18)(H,17,19);9-10H,6-8H2,1-5H3;1-3H3,(H2,6,7)/t;9-,10?;/m.0./s1. The van der Waals surface area contributed by atoms with Crippen molar-refractivity contribution in [2.45, 2.75) is 86.8 Å². The minimum Gasteiger partial charge on any atom is -0.444 e. The van der Waals surface area contributed by atoms with Gasteiger partial charge in [-0.2, -0.15) is 5.26 Å². The van der Waals surface area contributed by atoms with Gasteiger partial charge in [0.05, 0.1) is 6.07 Å². The van der Waals surface area contributed by atoms with Crippen molar-refractivity contribution in [3.05, 3.63) is 45.7 Å². The van der Waals surface area contributed by atoms with Crippen LogP contribution in [0.2, 0.25) is 0 Å². The van der Waals surface area contributed by atoms with Gasteiger partial charge >= 0.3 is 6.09 Å². The third-order valence-electron chi connectivity index (χ3n) is 7.49. The number of fused-ring (bicyclic) bond motifs is 2. The normalized spacial score (nSPS) is 19.1. The van der Waals surface area contributed by atoms with Gasteiger partial charge in [0.15, 0.2) is 0 Å². The van der Waals surface area contributed by atoms with E-state index in [1.54, 1.807) is 26.8 Å². The van der Waals surface area contributed by atoms with Gasteiger partial charge in [-0.05, 0) is 73.9 Å². The summed E-state index contributed by atoms with van der Waals surface area (Å²) in [5, 5.41) is 12.2. The van der Waals surface area contributed by atoms with Crippen LogP contribution in [0.3, 0.4) is 0 Å². The summed E-state index contributed by atoms with van der Waals surface area (Å²) < 4.78 is 4.58. The molecule has 10 heteroatoms. The smallest absolute Gasteiger partial charge is 0.405 e. The summed E-state index contributed by atoms with van der Waals surface area (Å²) in [5.74, 6) is 1.91. The number of primary amides is 1. The number of pyridine rings is 1. The fourth-order valence-corrected chi connectivity index (χ4v) is 5.17. The van der Waals surface area contributed by atoms with E-state index in [0.717, 1.165) is 41.4 Å². The van der Waals surface area contributed by atoms with Crippen molar-refractivity contribution < 1.29 is 19.1 Å². The highest BCUT2D eigenvalue weighted by atomic mass is 16.6. The zero-order valence-electron chi connectivity index (χ0n) is 26.5. The van der Waals surface area contributed by atoms with Crippen LogP contribution in [-0.4, -0.2) is 53.0 Å². The van der Waals surface area contributed by atoms with Crippen molar-refractivity contribution in [1.29, 1.82) is 5.26 Å². The Hall–Kier alpha value is -3.87. The number of amides is 3. The van der Waals surface area contributed by atoms with Gasteiger partial charge < -0.3 is 25.7 Å². The second-order valence-corrected chi connectivity index (χ2v) is 14.0. The van der Waals surface area contributed by atoms with E-state index in [-0.39, 0.29) is 17.4 Å². The molecule has 2 unspecified atom stereocenters. The average Bonchev–Trinajstić information content (AvgIpc) is 3.16. The number of nitriles is 1. The van der Waals surface area contributed by atoms with Gasteiger partial charge in [-0.15, -0.1) is 0 Å². The molecule has 1 aliphatic carbocycles. The Morgan fingerprint density at radius 1 is 1.19 bits per heavy atom. The van der Waals surface area contributed by atoms with Crippen LogP contribution in [0.25, 0.3) is 10.9 Å². The van der Waals surface area contributed by atoms with Crippen LogP contribution in [0, 0.1) is 40.9 Å². The van der Waals surface area contributed by atoms with E-state index in [4.69, 9.17) is 11.0 Å². The number of benzene rings is 1. The number of aryl methyl sites for hydroxylation is 1. The summed E-state index contributed by atoms with van der Waals surface area (Å²) in [6, 6.07) is 8.74. The summed E-state index contributed by atoms with van der Waals surface area (Å²) in [4.78, 5) is 49.1. The van der Waals surface area contributed by atoms with Crippen molar-refractivity contribution in [2.75, 3.05) is 13.1 Å². The topological polar surface area (TPSA) is 158 Å². The summed E-state index contributed by atoms with van der Waals surface area (Å²) >= 11 is 0. The number of nitrogens with two attached hydrogens (primary N) is 1. The monoisotopic (exact) mass is 581 g/mol. The number of ether oxygens (including phenoxy) is 1. The van der Waals surface area contributed by atoms with Crippen molar-refractivity contribution in [3.63, 3.8) is 0 Å². The molecule has 42 heavy (non-hydrogen) atoms. The predicted molar refractivity (Wildman–Crippen MR) is 163 cm³/mol. The van der Waals surface area contributed by atoms with E-state index in [9.17, 15) is 19.2 Å². The van der Waals surface area contributed by atoms with Crippen molar-refractivity contribution in [1.82, 2.24) is 15.2 Å². The largest absolute Gasteiger partial charge is 0.444 e. The molecule has 1 saturated carbocycles. The van der Waals surface area contributed by atoms with Crippen molar-refractivity contribution in [3.8, 4) is 6.07 Å². The third-order valence-corrected chi connectivity index (χ3v) is 7.49. The molecule has 1 aliphatic heterocycles. The molecule has 1 aromatic carbocycles. The Kier molecular flexibility index (Phi) is 11.0. The lowest BCUT2D eigenvalue weighted by Crippen LogP contribution is -2.35. The lowest BCUT2D eigenvalue weighted by Gasteiger charge is -2.26. The second-order valence-electron chi connectivity index (χ2n) is 14.0. The van der Waals surface area contributed by atoms with Gasteiger partial charge in [-0.25, -0.2) is 4.79 Å². The number of carbonyl (C=O) groups is 3. The molecule has 2 aromatic rings. The number of piperidine rings is 1. The van der Waals surface area contributed by atoms with Crippen LogP contribution >= 0.6 is 0 Å². The van der Waals surface area contributed by atoms with Crippen LogP contribution in [0.5, 0.6) is 0 Å². The lowest BCUT2D eigenvalue weighted by atomic mass is 9.91. The number of aromatic amines is 1. The van der Waals surface area contributed by atoms with E-state index in [2.05, 4.69) is 54.6 Å². The fraction of sp³-hybridized carbons (Fsp3) is 0.594. The molecule has 4 N–H and O–H groups in total. The van der Waals surface area contributed by atoms with Crippen LogP contribution < -0.4 is 16.6 Å². The molecule has 0 spiro atoms. The molecule has 4 rings (SSSR count). The molecule has 10 nitrogen and oxygen atoms in total. The maximum absolute atomic E-state index is 12.0. The van der Waals surface area contributed by atoms with Crippen LogP contribution in [0.15, 0.2) is 29.1 Å². The van der Waals surface area contributed by atoms with Crippen LogP contribution in [-0.2, 0) is 20.7 Å². The SMILES string of the molecule is CC(C)(C)CC(=O)N1CC2[C@H](C1)C2(C)C.CC(C)(C)OC(N)=O.Cc1ccc2[nH]c(=O)c(CC(C#N)NC=O)cc2c1.